The Bertz CT molecular complexity index is 1380. The number of carbonyl (C=O) groups excluding carboxylic acids is 1. The molecule has 2 aromatic carbocycles. The van der Waals surface area contributed by atoms with Crippen molar-refractivity contribution in [3.8, 4) is 0 Å². The summed E-state index contributed by atoms with van der Waals surface area (Å²) in [4.78, 5) is 20.3. The average molecular weight is 437 g/mol. The SMILES string of the molecule is CC(=O)Nc1cccc(Nc2nc3ccccc3nc2NS(=O)(=O)c2cnn(C)c2)c1. The number of amides is 1. The molecule has 0 atom stereocenters. The fraction of sp³-hybridized carbons (Fsp3) is 0.100. The molecule has 1 amide bonds. The van der Waals surface area contributed by atoms with Crippen LogP contribution in [0, 0.1) is 0 Å². The zero-order chi connectivity index (χ0) is 22.0. The third-order valence-corrected chi connectivity index (χ3v) is 5.53. The maximum Gasteiger partial charge on any atom is 0.266 e. The molecule has 0 saturated heterocycles. The normalized spacial score (nSPS) is 11.3. The molecule has 31 heavy (non-hydrogen) atoms. The predicted molar refractivity (Wildman–Crippen MR) is 118 cm³/mol. The number of hydrogen-bond donors (Lipinski definition) is 3. The van der Waals surface area contributed by atoms with Gasteiger partial charge in [0.1, 0.15) is 4.90 Å². The van der Waals surface area contributed by atoms with Crippen LogP contribution in [0.15, 0.2) is 65.8 Å². The Morgan fingerprint density at radius 2 is 1.65 bits per heavy atom. The van der Waals surface area contributed by atoms with Gasteiger partial charge in [-0.15, -0.1) is 0 Å². The van der Waals surface area contributed by atoms with Crippen molar-refractivity contribution in [3.63, 3.8) is 0 Å². The Balaban J connectivity index is 1.74. The molecule has 0 aliphatic heterocycles. The zero-order valence-corrected chi connectivity index (χ0v) is 17.5. The Kier molecular flexibility index (Phi) is 5.26. The van der Waals surface area contributed by atoms with Gasteiger partial charge >= 0.3 is 0 Å². The van der Waals surface area contributed by atoms with E-state index in [0.29, 0.717) is 22.4 Å². The van der Waals surface area contributed by atoms with E-state index in [-0.39, 0.29) is 22.4 Å². The molecule has 2 aromatic heterocycles. The Morgan fingerprint density at radius 3 is 2.29 bits per heavy atom. The molecule has 0 saturated carbocycles. The second-order valence-corrected chi connectivity index (χ2v) is 8.43. The summed E-state index contributed by atoms with van der Waals surface area (Å²) in [6.07, 6.45) is 2.64. The van der Waals surface area contributed by atoms with Crippen LogP contribution >= 0.6 is 0 Å². The van der Waals surface area contributed by atoms with Crippen molar-refractivity contribution in [1.29, 1.82) is 0 Å². The van der Waals surface area contributed by atoms with Crippen LogP contribution in [0.2, 0.25) is 0 Å². The summed E-state index contributed by atoms with van der Waals surface area (Å²) in [5.41, 5.74) is 2.30. The van der Waals surface area contributed by atoms with Gasteiger partial charge < -0.3 is 10.6 Å². The Hall–Kier alpha value is -3.99. The number of nitrogens with zero attached hydrogens (tertiary/aromatic N) is 4. The fourth-order valence-corrected chi connectivity index (χ4v) is 3.89. The molecule has 11 heteroatoms. The average Bonchev–Trinajstić information content (AvgIpc) is 3.15. The van der Waals surface area contributed by atoms with E-state index in [9.17, 15) is 13.2 Å². The first kappa shape index (κ1) is 20.3. The van der Waals surface area contributed by atoms with E-state index in [1.54, 1.807) is 49.5 Å². The number of fused-ring (bicyclic) bond motifs is 1. The van der Waals surface area contributed by atoms with Crippen LogP contribution in [0.3, 0.4) is 0 Å². The predicted octanol–water partition coefficient (Wildman–Crippen LogP) is 2.87. The van der Waals surface area contributed by atoms with Crippen LogP contribution in [0.1, 0.15) is 6.92 Å². The minimum absolute atomic E-state index is 0.00330. The summed E-state index contributed by atoms with van der Waals surface area (Å²) in [5, 5.41) is 9.70. The molecule has 158 valence electrons. The van der Waals surface area contributed by atoms with E-state index in [2.05, 4.69) is 30.4 Å². The third kappa shape index (κ3) is 4.61. The van der Waals surface area contributed by atoms with E-state index >= 15 is 0 Å². The number of benzene rings is 2. The molecular weight excluding hydrogens is 418 g/mol. The number of sulfonamides is 1. The van der Waals surface area contributed by atoms with Crippen molar-refractivity contribution in [2.24, 2.45) is 7.05 Å². The lowest BCUT2D eigenvalue weighted by Crippen LogP contribution is -2.15. The van der Waals surface area contributed by atoms with Gasteiger partial charge in [0.25, 0.3) is 10.0 Å². The van der Waals surface area contributed by atoms with Gasteiger partial charge in [-0.05, 0) is 30.3 Å². The van der Waals surface area contributed by atoms with Crippen molar-refractivity contribution >= 4 is 50.0 Å². The van der Waals surface area contributed by atoms with Gasteiger partial charge in [0.05, 0.1) is 17.2 Å². The highest BCUT2D eigenvalue weighted by Gasteiger charge is 2.20. The molecule has 3 N–H and O–H groups in total. The second-order valence-electron chi connectivity index (χ2n) is 6.75. The minimum Gasteiger partial charge on any atom is -0.337 e. The molecule has 0 aliphatic rings. The lowest BCUT2D eigenvalue weighted by molar-refractivity contribution is -0.114. The number of rotatable bonds is 6. The maximum absolute atomic E-state index is 12.8. The first-order valence-electron chi connectivity index (χ1n) is 9.23. The van der Waals surface area contributed by atoms with E-state index in [4.69, 9.17) is 0 Å². The Labute approximate surface area is 178 Å². The van der Waals surface area contributed by atoms with E-state index < -0.39 is 10.0 Å². The highest BCUT2D eigenvalue weighted by Crippen LogP contribution is 2.28. The number of hydrogen-bond acceptors (Lipinski definition) is 7. The minimum atomic E-state index is -3.93. The summed E-state index contributed by atoms with van der Waals surface area (Å²) >= 11 is 0. The summed E-state index contributed by atoms with van der Waals surface area (Å²) < 4.78 is 29.5. The fourth-order valence-electron chi connectivity index (χ4n) is 2.90. The maximum atomic E-state index is 12.8. The summed E-state index contributed by atoms with van der Waals surface area (Å²) in [7, 11) is -2.30. The molecule has 0 aliphatic carbocycles. The molecule has 0 spiro atoms. The van der Waals surface area contributed by atoms with Gasteiger partial charge in [-0.3, -0.25) is 14.2 Å². The molecule has 0 radical (unpaired) electrons. The van der Waals surface area contributed by atoms with Crippen LogP contribution in [0.4, 0.5) is 23.0 Å². The highest BCUT2D eigenvalue weighted by atomic mass is 32.2. The van der Waals surface area contributed by atoms with Gasteiger partial charge in [0, 0.05) is 31.5 Å². The highest BCUT2D eigenvalue weighted by molar-refractivity contribution is 7.92. The van der Waals surface area contributed by atoms with E-state index in [1.807, 2.05) is 6.07 Å². The van der Waals surface area contributed by atoms with E-state index in [1.165, 1.54) is 24.0 Å². The number of anilines is 4. The van der Waals surface area contributed by atoms with Crippen LogP contribution in [0.5, 0.6) is 0 Å². The van der Waals surface area contributed by atoms with Gasteiger partial charge in [0.2, 0.25) is 5.91 Å². The smallest absolute Gasteiger partial charge is 0.266 e. The number of carbonyl (C=O) groups is 1. The first-order valence-corrected chi connectivity index (χ1v) is 10.7. The zero-order valence-electron chi connectivity index (χ0n) is 16.7. The van der Waals surface area contributed by atoms with Gasteiger partial charge in [-0.1, -0.05) is 18.2 Å². The molecule has 2 heterocycles. The second kappa shape index (κ2) is 8.03. The largest absolute Gasteiger partial charge is 0.337 e. The van der Waals surface area contributed by atoms with E-state index in [0.717, 1.165) is 0 Å². The van der Waals surface area contributed by atoms with Gasteiger partial charge in [0.15, 0.2) is 11.6 Å². The molecule has 0 fully saturated rings. The molecule has 10 nitrogen and oxygen atoms in total. The standard InChI is InChI=1S/C20H19N7O3S/c1-13(28)22-14-6-5-7-15(10-14)23-19-20(25-18-9-4-3-8-17(18)24-19)26-31(29,30)16-11-21-27(2)12-16/h3-12H,1-2H3,(H,22,28)(H,23,24)(H,25,26). The first-order chi connectivity index (χ1) is 14.8. The molecule has 0 bridgehead atoms. The molecular formula is C20H19N7O3S. The van der Waals surface area contributed by atoms with Crippen LogP contribution in [-0.2, 0) is 21.9 Å². The quantitative estimate of drug-likeness (QED) is 0.423. The van der Waals surface area contributed by atoms with Gasteiger partial charge in [-0.25, -0.2) is 18.4 Å². The lowest BCUT2D eigenvalue weighted by Gasteiger charge is -2.14. The molecule has 4 aromatic rings. The summed E-state index contributed by atoms with van der Waals surface area (Å²) in [6.45, 7) is 1.42. The molecule has 4 rings (SSSR count). The number of nitrogens with one attached hydrogen (secondary N) is 3. The monoisotopic (exact) mass is 437 g/mol. The molecule has 0 unspecified atom stereocenters. The van der Waals surface area contributed by atoms with Crippen molar-refractivity contribution in [1.82, 2.24) is 19.7 Å². The van der Waals surface area contributed by atoms with Crippen LogP contribution in [-0.4, -0.2) is 34.1 Å². The van der Waals surface area contributed by atoms with Crippen molar-refractivity contribution in [2.45, 2.75) is 11.8 Å². The third-order valence-electron chi connectivity index (χ3n) is 4.24. The number of aromatic nitrogens is 4. The van der Waals surface area contributed by atoms with Crippen LogP contribution < -0.4 is 15.4 Å². The van der Waals surface area contributed by atoms with Crippen LogP contribution in [0.25, 0.3) is 11.0 Å². The Morgan fingerprint density at radius 1 is 0.968 bits per heavy atom. The van der Waals surface area contributed by atoms with Gasteiger partial charge in [-0.2, -0.15) is 5.10 Å². The summed E-state index contributed by atoms with van der Waals surface area (Å²) in [5.74, 6) is 0.0474. The summed E-state index contributed by atoms with van der Waals surface area (Å²) in [6, 6.07) is 14.1. The van der Waals surface area contributed by atoms with Crippen molar-refractivity contribution in [2.75, 3.05) is 15.4 Å². The van der Waals surface area contributed by atoms with Crippen molar-refractivity contribution in [3.05, 3.63) is 60.9 Å². The number of aryl methyl sites for hydroxylation is 1. The van der Waals surface area contributed by atoms with Crippen molar-refractivity contribution < 1.29 is 13.2 Å². The lowest BCUT2D eigenvalue weighted by atomic mass is 10.2. The topological polar surface area (TPSA) is 131 Å². The number of para-hydroxylation sites is 2.